The third kappa shape index (κ3) is 4.71. The van der Waals surface area contributed by atoms with Gasteiger partial charge in [-0.1, -0.05) is 42.7 Å². The molecule has 0 saturated carbocycles. The molecule has 1 heterocycles. The van der Waals surface area contributed by atoms with Crippen LogP contribution >= 0.6 is 11.6 Å². The molecular formula is C16H20ClN3O3. The molecule has 0 fully saturated rings. The lowest BCUT2D eigenvalue weighted by Crippen LogP contribution is -2.46. The van der Waals surface area contributed by atoms with Gasteiger partial charge in [-0.2, -0.15) is 0 Å². The quantitative estimate of drug-likeness (QED) is 0.756. The van der Waals surface area contributed by atoms with Crippen molar-refractivity contribution in [1.82, 2.24) is 15.8 Å². The molecule has 1 aromatic heterocycles. The van der Waals surface area contributed by atoms with Gasteiger partial charge < -0.3 is 20.3 Å². The summed E-state index contributed by atoms with van der Waals surface area (Å²) in [5.41, 5.74) is 1.33. The van der Waals surface area contributed by atoms with E-state index in [4.69, 9.17) is 16.1 Å². The molecule has 2 amide bonds. The van der Waals surface area contributed by atoms with Gasteiger partial charge in [0.15, 0.2) is 5.76 Å². The summed E-state index contributed by atoms with van der Waals surface area (Å²) in [5, 5.41) is 19.1. The molecule has 0 radical (unpaired) electrons. The Labute approximate surface area is 139 Å². The first kappa shape index (κ1) is 17.3. The number of halogens is 1. The molecule has 23 heavy (non-hydrogen) atoms. The molecule has 1 aromatic carbocycles. The Kier molecular flexibility index (Phi) is 6.01. The zero-order valence-corrected chi connectivity index (χ0v) is 13.8. The largest absolute Gasteiger partial charge is 0.394 e. The topological polar surface area (TPSA) is 87.4 Å². The predicted octanol–water partition coefficient (Wildman–Crippen LogP) is 2.81. The monoisotopic (exact) mass is 337 g/mol. The van der Waals surface area contributed by atoms with Crippen molar-refractivity contribution in [3.63, 3.8) is 0 Å². The lowest BCUT2D eigenvalue weighted by molar-refractivity contribution is 0.198. The van der Waals surface area contributed by atoms with Crippen molar-refractivity contribution in [2.75, 3.05) is 6.61 Å². The minimum absolute atomic E-state index is 0.105. The molecule has 3 N–H and O–H groups in total. The lowest BCUT2D eigenvalue weighted by atomic mass is 10.1. The molecule has 0 unspecified atom stereocenters. The molecular weight excluding hydrogens is 318 g/mol. The fourth-order valence-corrected chi connectivity index (χ4v) is 2.23. The number of nitrogens with one attached hydrogen (secondary N) is 2. The minimum Gasteiger partial charge on any atom is -0.394 e. The maximum Gasteiger partial charge on any atom is 0.315 e. The number of aliphatic hydroxyl groups is 1. The van der Waals surface area contributed by atoms with Gasteiger partial charge in [0, 0.05) is 11.6 Å². The van der Waals surface area contributed by atoms with Gasteiger partial charge in [-0.3, -0.25) is 0 Å². The van der Waals surface area contributed by atoms with E-state index in [1.165, 1.54) is 0 Å². The Morgan fingerprint density at radius 2 is 2.13 bits per heavy atom. The first-order chi connectivity index (χ1) is 11.0. The highest BCUT2D eigenvalue weighted by molar-refractivity contribution is 6.33. The van der Waals surface area contributed by atoms with Crippen molar-refractivity contribution in [1.29, 1.82) is 0 Å². The van der Waals surface area contributed by atoms with E-state index in [0.29, 0.717) is 16.5 Å². The molecule has 0 bridgehead atoms. The second-order valence-electron chi connectivity index (χ2n) is 5.52. The third-order valence-electron chi connectivity index (χ3n) is 3.45. The summed E-state index contributed by atoms with van der Waals surface area (Å²) in [6.07, 6.45) is 0. The number of carbonyl (C=O) groups is 1. The number of amides is 2. The molecule has 0 aliphatic heterocycles. The Bertz CT molecular complexity index is 658. The number of hydrogen-bond acceptors (Lipinski definition) is 4. The molecule has 2 rings (SSSR count). The van der Waals surface area contributed by atoms with E-state index in [1.54, 1.807) is 12.1 Å². The summed E-state index contributed by atoms with van der Waals surface area (Å²) in [4.78, 5) is 11.8. The molecule has 0 spiro atoms. The third-order valence-corrected chi connectivity index (χ3v) is 3.78. The van der Waals surface area contributed by atoms with Crippen molar-refractivity contribution < 1.29 is 14.4 Å². The highest BCUT2D eigenvalue weighted by Gasteiger charge is 2.15. The Morgan fingerprint density at radius 3 is 2.78 bits per heavy atom. The number of nitrogens with zero attached hydrogens (tertiary/aromatic N) is 1. The number of urea groups is 1. The van der Waals surface area contributed by atoms with E-state index in [-0.39, 0.29) is 31.1 Å². The smallest absolute Gasteiger partial charge is 0.315 e. The molecule has 2 aromatic rings. The number of rotatable bonds is 6. The van der Waals surface area contributed by atoms with Crippen LogP contribution in [-0.2, 0) is 6.54 Å². The van der Waals surface area contributed by atoms with Crippen LogP contribution < -0.4 is 10.6 Å². The number of aliphatic hydroxyl groups excluding tert-OH is 1. The first-order valence-electron chi connectivity index (χ1n) is 7.37. The van der Waals surface area contributed by atoms with Crippen molar-refractivity contribution in [2.45, 2.75) is 26.4 Å². The molecule has 7 heteroatoms. The maximum atomic E-state index is 11.8. The van der Waals surface area contributed by atoms with Gasteiger partial charge in [0.05, 0.1) is 24.2 Å². The van der Waals surface area contributed by atoms with Gasteiger partial charge in [-0.15, -0.1) is 0 Å². The van der Waals surface area contributed by atoms with E-state index in [0.717, 1.165) is 5.56 Å². The molecule has 0 aliphatic rings. The van der Waals surface area contributed by atoms with Crippen LogP contribution in [-0.4, -0.2) is 28.9 Å². The van der Waals surface area contributed by atoms with Crippen LogP contribution in [0.5, 0.6) is 0 Å². The van der Waals surface area contributed by atoms with E-state index < -0.39 is 0 Å². The van der Waals surface area contributed by atoms with Gasteiger partial charge >= 0.3 is 6.03 Å². The van der Waals surface area contributed by atoms with Crippen LogP contribution in [0.15, 0.2) is 34.9 Å². The average molecular weight is 338 g/mol. The molecule has 1 atom stereocenters. The van der Waals surface area contributed by atoms with E-state index in [1.807, 2.05) is 32.0 Å². The number of carbonyl (C=O) groups excluding carboxylic acids is 1. The summed E-state index contributed by atoms with van der Waals surface area (Å²) in [6, 6.07) is 8.38. The molecule has 6 nitrogen and oxygen atoms in total. The van der Waals surface area contributed by atoms with Crippen molar-refractivity contribution in [2.24, 2.45) is 5.92 Å². The number of benzene rings is 1. The first-order valence-corrected chi connectivity index (χ1v) is 7.74. The van der Waals surface area contributed by atoms with Gasteiger partial charge in [0.2, 0.25) is 0 Å². The summed E-state index contributed by atoms with van der Waals surface area (Å²) in [5.74, 6) is 0.688. The van der Waals surface area contributed by atoms with Crippen molar-refractivity contribution >= 4 is 17.6 Å². The van der Waals surface area contributed by atoms with Gasteiger partial charge in [-0.05, 0) is 18.1 Å². The summed E-state index contributed by atoms with van der Waals surface area (Å²) in [6.45, 7) is 3.96. The van der Waals surface area contributed by atoms with Gasteiger partial charge in [0.1, 0.15) is 5.69 Å². The van der Waals surface area contributed by atoms with Gasteiger partial charge in [0.25, 0.3) is 0 Å². The zero-order chi connectivity index (χ0) is 16.8. The fraction of sp³-hybridized carbons (Fsp3) is 0.375. The van der Waals surface area contributed by atoms with E-state index >= 15 is 0 Å². The summed E-state index contributed by atoms with van der Waals surface area (Å²) >= 11 is 6.11. The highest BCUT2D eigenvalue weighted by atomic mass is 35.5. The van der Waals surface area contributed by atoms with Crippen LogP contribution in [0, 0.1) is 5.92 Å². The molecule has 124 valence electrons. The van der Waals surface area contributed by atoms with Crippen LogP contribution in [0.25, 0.3) is 11.3 Å². The van der Waals surface area contributed by atoms with Crippen LogP contribution in [0.2, 0.25) is 5.02 Å². The van der Waals surface area contributed by atoms with Crippen molar-refractivity contribution in [3.8, 4) is 11.3 Å². The molecule has 0 aliphatic carbocycles. The Morgan fingerprint density at radius 1 is 1.39 bits per heavy atom. The number of hydrogen-bond donors (Lipinski definition) is 3. The SMILES string of the molecule is CC(C)[C@@H](CO)NC(=O)NCc1cc(-c2ccccc2Cl)on1. The van der Waals surface area contributed by atoms with Crippen molar-refractivity contribution in [3.05, 3.63) is 41.0 Å². The standard InChI is InChI=1S/C16H20ClN3O3/c1-10(2)14(9-21)19-16(22)18-8-11-7-15(23-20-11)12-5-3-4-6-13(12)17/h3-7,10,14,21H,8-9H2,1-2H3,(H2,18,19,22)/t14-/m1/s1. The van der Waals surface area contributed by atoms with Crippen LogP contribution in [0.3, 0.4) is 0 Å². The molecule has 0 saturated heterocycles. The van der Waals surface area contributed by atoms with Crippen LogP contribution in [0.1, 0.15) is 19.5 Å². The Hall–Kier alpha value is -2.05. The zero-order valence-electron chi connectivity index (χ0n) is 13.0. The maximum absolute atomic E-state index is 11.8. The predicted molar refractivity (Wildman–Crippen MR) is 88.0 cm³/mol. The number of aromatic nitrogens is 1. The summed E-state index contributed by atoms with van der Waals surface area (Å²) in [7, 11) is 0. The highest BCUT2D eigenvalue weighted by Crippen LogP contribution is 2.27. The fourth-order valence-electron chi connectivity index (χ4n) is 2.00. The second kappa shape index (κ2) is 7.99. The normalized spacial score (nSPS) is 12.2. The Balaban J connectivity index is 1.93. The minimum atomic E-state index is -0.361. The van der Waals surface area contributed by atoms with E-state index in [9.17, 15) is 9.90 Å². The van der Waals surface area contributed by atoms with Gasteiger partial charge in [-0.25, -0.2) is 4.79 Å². The van der Waals surface area contributed by atoms with Crippen LogP contribution in [0.4, 0.5) is 4.79 Å². The average Bonchev–Trinajstić information content (AvgIpc) is 2.99. The van der Waals surface area contributed by atoms with E-state index in [2.05, 4.69) is 15.8 Å². The second-order valence-corrected chi connectivity index (χ2v) is 5.93. The summed E-state index contributed by atoms with van der Waals surface area (Å²) < 4.78 is 5.26. The lowest BCUT2D eigenvalue weighted by Gasteiger charge is -2.19.